The highest BCUT2D eigenvalue weighted by molar-refractivity contribution is 7.81. The van der Waals surface area contributed by atoms with Gasteiger partial charge in [0.25, 0.3) is 0 Å². The fourth-order valence-corrected chi connectivity index (χ4v) is 20.1. The molecule has 106 heavy (non-hydrogen) atoms. The number of hydrogen-bond acceptors (Lipinski definition) is 31. The number of aliphatic hydroxyl groups is 8. The van der Waals surface area contributed by atoms with E-state index in [4.69, 9.17) is 89.3 Å². The SMILES string of the molecule is C=CCC(=C)/C=C/[C@@](C)(O)[C@@H]1O[C@@H]2C[C@@H]3O[C@@H]4C[C@@H]5O[C@@H]6C[C@@H]7O[C@@H]8C[C@@H]9O[C@@H]%10C[C@@H]%11O[C@](C)(CCCOS(=O)(=O)O)[C@@H](OS(=O)(=O)O)C[C@H]%11O[C@H]%10C[C@H]9O[C@H]8CC[C@@]7(C)O[C@@]6(C)CC[C@H](C)[C@H]5O[C@H]4[C@@H](O[C@H]4O[C@@H](CO[C@H]5O[C@@H](CO[C@H]6O[C@@H](CO)[C@H](O)[C@H]6O)[C@H](O)[C@H]5O)[C@H](O)[C@H]4O)[C@@]3(C)O[C@H]2CC1=C. The van der Waals surface area contributed by atoms with Gasteiger partial charge < -0.3 is 121 Å². The highest BCUT2D eigenvalue weighted by Crippen LogP contribution is 2.55. The first kappa shape index (κ1) is 80.3. The van der Waals surface area contributed by atoms with Gasteiger partial charge in [-0.1, -0.05) is 43.9 Å². The maximum Gasteiger partial charge on any atom is 0.397 e. The Morgan fingerprint density at radius 1 is 0.594 bits per heavy atom. The Bertz CT molecular complexity index is 3410. The largest absolute Gasteiger partial charge is 0.397 e. The quantitative estimate of drug-likeness (QED) is 0.0329. The van der Waals surface area contributed by atoms with Crippen LogP contribution in [0.25, 0.3) is 0 Å². The van der Waals surface area contributed by atoms with Gasteiger partial charge in [-0.05, 0) is 97.5 Å². The van der Waals surface area contributed by atoms with E-state index in [0.717, 1.165) is 5.57 Å². The van der Waals surface area contributed by atoms with Crippen LogP contribution >= 0.6 is 0 Å². The summed E-state index contributed by atoms with van der Waals surface area (Å²) in [5, 5.41) is 87.7. The molecule has 33 nitrogen and oxygen atoms in total. The lowest BCUT2D eigenvalue weighted by Crippen LogP contribution is -2.75. The highest BCUT2D eigenvalue weighted by atomic mass is 32.3. The molecule has 0 spiro atoms. The second-order valence-corrected chi connectivity index (χ2v) is 35.0. The summed E-state index contributed by atoms with van der Waals surface area (Å²) in [5.41, 5.74) is -4.46. The van der Waals surface area contributed by atoms with Crippen molar-refractivity contribution in [1.29, 1.82) is 0 Å². The van der Waals surface area contributed by atoms with Crippen molar-refractivity contribution in [2.75, 3.05) is 26.4 Å². The molecule has 0 radical (unpaired) electrons. The molecule has 602 valence electrons. The zero-order valence-electron chi connectivity index (χ0n) is 60.5. The molecule has 10 N–H and O–H groups in total. The van der Waals surface area contributed by atoms with Gasteiger partial charge in [-0.15, -0.1) is 6.58 Å². The monoisotopic (exact) mass is 1550 g/mol. The van der Waals surface area contributed by atoms with Crippen molar-refractivity contribution >= 4 is 20.8 Å². The topological polar surface area (TPSA) is 446 Å². The van der Waals surface area contributed by atoms with Crippen LogP contribution in [0.15, 0.2) is 49.1 Å². The molecule has 0 unspecified atom stereocenters. The third-order valence-corrected chi connectivity index (χ3v) is 26.0. The average molecular weight is 1550 g/mol. The summed E-state index contributed by atoms with van der Waals surface area (Å²) in [6, 6.07) is 0. The van der Waals surface area contributed by atoms with Crippen molar-refractivity contribution in [1.82, 2.24) is 0 Å². The molecule has 0 amide bonds. The first-order chi connectivity index (χ1) is 49.9. The van der Waals surface area contributed by atoms with Gasteiger partial charge in [-0.3, -0.25) is 9.11 Å². The van der Waals surface area contributed by atoms with Crippen molar-refractivity contribution in [3.05, 3.63) is 49.1 Å². The number of ether oxygens (including phenoxy) is 17. The summed E-state index contributed by atoms with van der Waals surface area (Å²) in [6.07, 6.45) is -19.1. The van der Waals surface area contributed by atoms with Gasteiger partial charge in [0.1, 0.15) is 90.6 Å². The molecule has 0 aromatic carbocycles. The molecule has 0 bridgehead atoms. The van der Waals surface area contributed by atoms with E-state index in [-0.39, 0.29) is 50.2 Å². The van der Waals surface area contributed by atoms with Gasteiger partial charge in [0.2, 0.25) is 0 Å². The van der Waals surface area contributed by atoms with Gasteiger partial charge in [-0.25, -0.2) is 8.37 Å². The lowest BCUT2D eigenvalue weighted by Gasteiger charge is -2.61. The Hall–Kier alpha value is -2.30. The molecule has 14 fully saturated rings. The van der Waals surface area contributed by atoms with Crippen LogP contribution in [0.1, 0.15) is 138 Å². The maximum absolute atomic E-state index is 12.1. The summed E-state index contributed by atoms with van der Waals surface area (Å²) < 4.78 is 189. The second kappa shape index (κ2) is 30.8. The Balaban J connectivity index is 0.664. The van der Waals surface area contributed by atoms with E-state index in [1.54, 1.807) is 32.1 Å². The van der Waals surface area contributed by atoms with Crippen LogP contribution in [0.3, 0.4) is 0 Å². The van der Waals surface area contributed by atoms with Crippen LogP contribution in [0.5, 0.6) is 0 Å². The van der Waals surface area contributed by atoms with E-state index in [1.165, 1.54) is 0 Å². The molecule has 14 aliphatic heterocycles. The fraction of sp³-hybridized carbons (Fsp3) is 0.887. The molecular formula is C71H108O33S2. The molecule has 14 saturated heterocycles. The van der Waals surface area contributed by atoms with E-state index in [0.29, 0.717) is 69.8 Å². The lowest BCUT2D eigenvalue weighted by atomic mass is 9.72. The van der Waals surface area contributed by atoms with E-state index in [9.17, 15) is 62.2 Å². The molecule has 0 aromatic rings. The number of aliphatic hydroxyl groups excluding tert-OH is 7. The minimum absolute atomic E-state index is 0.0210. The van der Waals surface area contributed by atoms with Gasteiger partial charge in [-0.2, -0.15) is 16.8 Å². The Kier molecular flexibility index (Phi) is 23.3. The molecule has 0 aromatic heterocycles. The number of fused-ring (bicyclic) bond motifs is 10. The molecule has 0 aliphatic carbocycles. The fourth-order valence-electron chi connectivity index (χ4n) is 19.2. The molecular weight excluding hydrogens is 1440 g/mol. The van der Waals surface area contributed by atoms with Crippen LogP contribution < -0.4 is 0 Å². The molecule has 14 rings (SSSR count). The Morgan fingerprint density at radius 3 is 1.74 bits per heavy atom. The smallest absolute Gasteiger partial charge is 0.394 e. The molecule has 14 aliphatic rings. The number of hydrogen-bond donors (Lipinski definition) is 10. The second-order valence-electron chi connectivity index (χ2n) is 32.9. The van der Waals surface area contributed by atoms with E-state index in [1.807, 2.05) is 6.92 Å². The summed E-state index contributed by atoms with van der Waals surface area (Å²) in [6.45, 7) is 21.8. The summed E-state index contributed by atoms with van der Waals surface area (Å²) in [7, 11) is -9.70. The van der Waals surface area contributed by atoms with Gasteiger partial charge in [0, 0.05) is 44.9 Å². The Morgan fingerprint density at radius 2 is 1.12 bits per heavy atom. The predicted octanol–water partition coefficient (Wildman–Crippen LogP) is 0.840. The average Bonchev–Trinajstić information content (AvgIpc) is 0.812. The van der Waals surface area contributed by atoms with Crippen molar-refractivity contribution in [3.63, 3.8) is 0 Å². The van der Waals surface area contributed by atoms with Crippen molar-refractivity contribution in [3.8, 4) is 0 Å². The van der Waals surface area contributed by atoms with Crippen molar-refractivity contribution in [2.45, 2.75) is 362 Å². The van der Waals surface area contributed by atoms with E-state index in [2.05, 4.69) is 44.7 Å². The van der Waals surface area contributed by atoms with Crippen LogP contribution in [0.2, 0.25) is 0 Å². The zero-order valence-corrected chi connectivity index (χ0v) is 62.2. The van der Waals surface area contributed by atoms with E-state index < -0.39 is 259 Å². The van der Waals surface area contributed by atoms with Crippen LogP contribution in [-0.2, 0) is 110 Å². The molecule has 38 atom stereocenters. The third kappa shape index (κ3) is 16.1. The van der Waals surface area contributed by atoms with Gasteiger partial charge in [0.15, 0.2) is 18.9 Å². The van der Waals surface area contributed by atoms with E-state index >= 15 is 0 Å². The van der Waals surface area contributed by atoms with Gasteiger partial charge in [0.05, 0.1) is 141 Å². The molecule has 35 heteroatoms. The number of allylic oxidation sites excluding steroid dienone is 3. The summed E-state index contributed by atoms with van der Waals surface area (Å²) in [4.78, 5) is 0. The first-order valence-corrected chi connectivity index (χ1v) is 40.2. The van der Waals surface area contributed by atoms with Crippen molar-refractivity contribution in [2.24, 2.45) is 5.92 Å². The van der Waals surface area contributed by atoms with Crippen molar-refractivity contribution < 1.29 is 156 Å². The third-order valence-electron chi connectivity index (χ3n) is 25.1. The van der Waals surface area contributed by atoms with Crippen LogP contribution in [0.4, 0.5) is 0 Å². The highest BCUT2D eigenvalue weighted by Gasteiger charge is 2.67. The molecule has 14 heterocycles. The minimum Gasteiger partial charge on any atom is -0.394 e. The Labute approximate surface area is 617 Å². The van der Waals surface area contributed by atoms with Crippen LogP contribution in [-0.4, -0.2) is 317 Å². The maximum atomic E-state index is 12.1. The first-order valence-electron chi connectivity index (χ1n) is 37.4. The van der Waals surface area contributed by atoms with Gasteiger partial charge >= 0.3 is 20.8 Å². The normalized spacial score (nSPS) is 51.4. The lowest BCUT2D eigenvalue weighted by molar-refractivity contribution is -0.387. The number of rotatable bonds is 21. The standard InChI is InChI=1S/C71H108O33S2/c1-10-12-32(2)13-17-67(5,79)62-34(4)21-43-42(95-62)27-53-71(9,102-43)63(100-66-59(78)56(75)49(98-66)31-87-65-58(77)55(74)48(97-65)30-86-64-57(76)54(73)47(29-72)96-64)61-46(94-53)25-45-60(99-61)33(3)14-18-69(7)51(93-45)28-50-70(8,104-69)19-15-35-36(92-50)22-38-37(89-35)23-39-40(90-38)24-44-41(91-39)26-52(103-106(83,84)85)68(6,101-44)16-11-20-88-105(80,81)82/h10,13,17,33,35-66,72-79H,1-2,4,11-12,14-16,18-31H2,3,5-9H3,(H,80,81,82)(H,83,84,85)/b17-13+/t33-,35-,36+,37+,38-,39-,40+,41+,42+,43-,44-,45-,46+,47-,48-,49-,50-,51+,52-,53-,54-,55-,56-,57+,58+,59+,60+,61+,62+,63+,64-,65-,66+,67+,68+,69-,70+,71-/m0/s1. The molecule has 0 saturated carbocycles. The zero-order chi connectivity index (χ0) is 75.7. The summed E-state index contributed by atoms with van der Waals surface area (Å²) in [5.74, 6) is -0.128. The summed E-state index contributed by atoms with van der Waals surface area (Å²) >= 11 is 0. The minimum atomic E-state index is -4.96. The predicted molar refractivity (Wildman–Crippen MR) is 360 cm³/mol. The van der Waals surface area contributed by atoms with Crippen LogP contribution in [0, 0.1) is 5.92 Å².